The molecule has 2 heterocycles. The molecule has 1 aromatic heterocycles. The number of halogens is 1. The van der Waals surface area contributed by atoms with E-state index in [4.69, 9.17) is 4.42 Å². The van der Waals surface area contributed by atoms with Crippen LogP contribution in [-0.4, -0.2) is 8.42 Å². The molecule has 0 saturated carbocycles. The van der Waals surface area contributed by atoms with Gasteiger partial charge >= 0.3 is 0 Å². The van der Waals surface area contributed by atoms with E-state index in [1.54, 1.807) is 0 Å². The van der Waals surface area contributed by atoms with Gasteiger partial charge < -0.3 is 4.42 Å². The summed E-state index contributed by atoms with van der Waals surface area (Å²) in [7, 11) is -2.95. The lowest BCUT2D eigenvalue weighted by Crippen LogP contribution is -1.98. The maximum atomic E-state index is 11.3. The molecule has 1 aromatic rings. The highest BCUT2D eigenvalue weighted by Crippen LogP contribution is 2.39. The van der Waals surface area contributed by atoms with Gasteiger partial charge in [0.05, 0.1) is 10.2 Å². The maximum Gasteiger partial charge on any atom is 0.161 e. The maximum absolute atomic E-state index is 11.3. The van der Waals surface area contributed by atoms with Crippen molar-refractivity contribution in [2.24, 2.45) is 0 Å². The molecule has 0 radical (unpaired) electrons. The Morgan fingerprint density at radius 2 is 2.00 bits per heavy atom. The molecule has 0 spiro atoms. The highest BCUT2D eigenvalue weighted by molar-refractivity contribution is 9.10. The van der Waals surface area contributed by atoms with Gasteiger partial charge in [-0.3, -0.25) is 0 Å². The van der Waals surface area contributed by atoms with E-state index in [9.17, 15) is 8.42 Å². The van der Waals surface area contributed by atoms with Crippen LogP contribution in [0.1, 0.15) is 36.8 Å². The summed E-state index contributed by atoms with van der Waals surface area (Å²) in [5, 5.41) is 0. The van der Waals surface area contributed by atoms with E-state index < -0.39 is 9.84 Å². The van der Waals surface area contributed by atoms with Crippen molar-refractivity contribution < 1.29 is 12.8 Å². The van der Waals surface area contributed by atoms with Crippen LogP contribution in [0.3, 0.4) is 0 Å². The lowest BCUT2D eigenvalue weighted by molar-refractivity contribution is 0.457. The van der Waals surface area contributed by atoms with Crippen LogP contribution in [0, 0.1) is 0 Å². The highest BCUT2D eigenvalue weighted by atomic mass is 79.9. The van der Waals surface area contributed by atoms with Gasteiger partial charge in [-0.25, -0.2) is 8.42 Å². The van der Waals surface area contributed by atoms with Crippen LogP contribution in [0.4, 0.5) is 0 Å². The first-order valence-electron chi connectivity index (χ1n) is 4.41. The molecule has 0 N–H and O–H groups in total. The normalized spacial score (nSPS) is 18.9. The summed E-state index contributed by atoms with van der Waals surface area (Å²) in [6.45, 7) is 4.04. The minimum atomic E-state index is -2.95. The largest absolute Gasteiger partial charge is 0.463 e. The van der Waals surface area contributed by atoms with E-state index in [1.807, 2.05) is 13.8 Å². The van der Waals surface area contributed by atoms with Crippen molar-refractivity contribution in [1.29, 1.82) is 0 Å². The second-order valence-corrected chi connectivity index (χ2v) is 6.73. The first-order chi connectivity index (χ1) is 6.41. The van der Waals surface area contributed by atoms with Gasteiger partial charge in [-0.15, -0.1) is 0 Å². The van der Waals surface area contributed by atoms with E-state index in [0.29, 0.717) is 5.76 Å². The van der Waals surface area contributed by atoms with Gasteiger partial charge in [0.1, 0.15) is 17.3 Å². The Bertz CT molecular complexity index is 470. The third-order valence-electron chi connectivity index (χ3n) is 2.29. The first kappa shape index (κ1) is 10.2. The molecule has 2 rings (SSSR count). The van der Waals surface area contributed by atoms with E-state index in [2.05, 4.69) is 15.9 Å². The Morgan fingerprint density at radius 3 is 2.50 bits per heavy atom. The van der Waals surface area contributed by atoms with Crippen LogP contribution >= 0.6 is 15.9 Å². The van der Waals surface area contributed by atoms with Crippen LogP contribution in [0.15, 0.2) is 8.89 Å². The summed E-state index contributed by atoms with van der Waals surface area (Å²) in [4.78, 5) is 0. The Balaban J connectivity index is 2.51. The smallest absolute Gasteiger partial charge is 0.161 e. The zero-order valence-corrected chi connectivity index (χ0v) is 10.4. The molecule has 5 heteroatoms. The Morgan fingerprint density at radius 1 is 1.36 bits per heavy atom. The fraction of sp³-hybridized carbons (Fsp3) is 0.556. The molecule has 0 atom stereocenters. The molecule has 1 aliphatic rings. The van der Waals surface area contributed by atoms with Crippen LogP contribution in [0.5, 0.6) is 0 Å². The topological polar surface area (TPSA) is 47.3 Å². The second kappa shape index (κ2) is 3.10. The fourth-order valence-corrected chi connectivity index (χ4v) is 4.18. The molecule has 78 valence electrons. The lowest BCUT2D eigenvalue weighted by Gasteiger charge is -2.01. The average molecular weight is 279 g/mol. The summed E-state index contributed by atoms with van der Waals surface area (Å²) in [5.74, 6) is 1.90. The van der Waals surface area contributed by atoms with Crippen molar-refractivity contribution in [3.05, 3.63) is 21.6 Å². The van der Waals surface area contributed by atoms with E-state index in [1.165, 1.54) is 0 Å². The SMILES string of the molecule is CC(C)c1oc2c(c1Br)CS(=O)(=O)C2. The Labute approximate surface area is 91.5 Å². The van der Waals surface area contributed by atoms with Crippen LogP contribution in [-0.2, 0) is 21.3 Å². The Kier molecular flexibility index (Phi) is 2.27. The summed E-state index contributed by atoms with van der Waals surface area (Å²) in [5.41, 5.74) is 0.814. The molecule has 14 heavy (non-hydrogen) atoms. The number of hydrogen-bond donors (Lipinski definition) is 0. The zero-order valence-electron chi connectivity index (χ0n) is 8.00. The summed E-state index contributed by atoms with van der Waals surface area (Å²) in [6.07, 6.45) is 0. The molecule has 0 aromatic carbocycles. The zero-order chi connectivity index (χ0) is 10.5. The van der Waals surface area contributed by atoms with Gasteiger partial charge in [0.15, 0.2) is 9.84 Å². The fourth-order valence-electron chi connectivity index (χ4n) is 1.61. The lowest BCUT2D eigenvalue weighted by atomic mass is 10.1. The number of rotatable bonds is 1. The Hall–Kier alpha value is -0.290. The standard InChI is InChI=1S/C9H11BrO3S/c1-5(2)9-8(10)6-3-14(11,12)4-7(6)13-9/h5H,3-4H2,1-2H3. The average Bonchev–Trinajstić information content (AvgIpc) is 2.46. The molecule has 0 aliphatic carbocycles. The van der Waals surface area contributed by atoms with Gasteiger partial charge in [0.2, 0.25) is 0 Å². The van der Waals surface area contributed by atoms with Crippen molar-refractivity contribution >= 4 is 25.8 Å². The van der Waals surface area contributed by atoms with Crippen molar-refractivity contribution in [3.63, 3.8) is 0 Å². The second-order valence-electron chi connectivity index (χ2n) is 3.87. The number of sulfone groups is 1. The van der Waals surface area contributed by atoms with Crippen LogP contribution < -0.4 is 0 Å². The van der Waals surface area contributed by atoms with Crippen molar-refractivity contribution in [2.75, 3.05) is 0 Å². The molecular formula is C9H11BrO3S. The molecular weight excluding hydrogens is 268 g/mol. The molecule has 1 aliphatic heterocycles. The van der Waals surface area contributed by atoms with Crippen molar-refractivity contribution in [2.45, 2.75) is 31.3 Å². The minimum absolute atomic E-state index is 0.0493. The van der Waals surface area contributed by atoms with Crippen molar-refractivity contribution in [3.8, 4) is 0 Å². The predicted octanol–water partition coefficient (Wildman–Crippen LogP) is 2.59. The first-order valence-corrected chi connectivity index (χ1v) is 7.02. The van der Waals surface area contributed by atoms with Gasteiger partial charge in [0, 0.05) is 11.5 Å². The molecule has 3 nitrogen and oxygen atoms in total. The summed E-state index contributed by atoms with van der Waals surface area (Å²) in [6, 6.07) is 0. The van der Waals surface area contributed by atoms with E-state index in [0.717, 1.165) is 15.8 Å². The van der Waals surface area contributed by atoms with Gasteiger partial charge in [0.25, 0.3) is 0 Å². The van der Waals surface area contributed by atoms with Crippen LogP contribution in [0.2, 0.25) is 0 Å². The molecule has 0 unspecified atom stereocenters. The van der Waals surface area contributed by atoms with Gasteiger partial charge in [-0.1, -0.05) is 13.8 Å². The van der Waals surface area contributed by atoms with E-state index >= 15 is 0 Å². The van der Waals surface area contributed by atoms with E-state index in [-0.39, 0.29) is 17.4 Å². The van der Waals surface area contributed by atoms with Crippen LogP contribution in [0.25, 0.3) is 0 Å². The monoisotopic (exact) mass is 278 g/mol. The van der Waals surface area contributed by atoms with Crippen molar-refractivity contribution in [1.82, 2.24) is 0 Å². The molecule has 0 amide bonds. The highest BCUT2D eigenvalue weighted by Gasteiger charge is 2.32. The molecule has 0 saturated heterocycles. The molecule has 0 bridgehead atoms. The summed E-state index contributed by atoms with van der Waals surface area (Å²) >= 11 is 3.40. The number of hydrogen-bond acceptors (Lipinski definition) is 3. The third-order valence-corrected chi connectivity index (χ3v) is 4.59. The summed E-state index contributed by atoms with van der Waals surface area (Å²) < 4.78 is 29.0. The van der Waals surface area contributed by atoms with Gasteiger partial charge in [-0.05, 0) is 15.9 Å². The number of fused-ring (bicyclic) bond motifs is 1. The predicted molar refractivity (Wildman–Crippen MR) is 56.8 cm³/mol. The third kappa shape index (κ3) is 1.52. The number of furan rings is 1. The minimum Gasteiger partial charge on any atom is -0.463 e. The quantitative estimate of drug-likeness (QED) is 0.793. The molecule has 0 fully saturated rings. The van der Waals surface area contributed by atoms with Gasteiger partial charge in [-0.2, -0.15) is 0 Å².